The molecule has 1 N–H and O–H groups in total. The molecule has 0 spiro atoms. The summed E-state index contributed by atoms with van der Waals surface area (Å²) < 4.78 is 0. The third-order valence-corrected chi connectivity index (χ3v) is 3.73. The Kier molecular flexibility index (Phi) is 5.00. The number of halogens is 1. The van der Waals surface area contributed by atoms with Crippen LogP contribution in [0.25, 0.3) is 11.1 Å². The van der Waals surface area contributed by atoms with E-state index in [1.165, 1.54) is 5.56 Å². The summed E-state index contributed by atoms with van der Waals surface area (Å²) in [4.78, 5) is 0. The normalized spacial score (nSPS) is 12.4. The van der Waals surface area contributed by atoms with Crippen LogP contribution in [-0.4, -0.2) is 11.7 Å². The number of hydrogen-bond acceptors (Lipinski definition) is 1. The van der Waals surface area contributed by atoms with Crippen LogP contribution in [0.15, 0.2) is 48.5 Å². The van der Waals surface area contributed by atoms with Gasteiger partial charge in [-0.2, -0.15) is 0 Å². The van der Waals surface area contributed by atoms with Crippen molar-refractivity contribution in [1.29, 1.82) is 0 Å². The largest absolute Gasteiger partial charge is 0.396 e. The molecule has 0 unspecified atom stereocenters. The van der Waals surface area contributed by atoms with Crippen molar-refractivity contribution in [3.63, 3.8) is 0 Å². The minimum Gasteiger partial charge on any atom is -0.396 e. The van der Waals surface area contributed by atoms with E-state index in [-0.39, 0.29) is 12.5 Å². The smallest absolute Gasteiger partial charge is 0.0499 e. The van der Waals surface area contributed by atoms with Crippen LogP contribution < -0.4 is 0 Å². The molecular formula is C17H19ClO. The molecule has 0 fully saturated rings. The van der Waals surface area contributed by atoms with Crippen molar-refractivity contribution in [3.8, 4) is 11.1 Å². The molecule has 0 saturated carbocycles. The highest BCUT2D eigenvalue weighted by Gasteiger charge is 2.11. The van der Waals surface area contributed by atoms with E-state index in [0.29, 0.717) is 0 Å². The van der Waals surface area contributed by atoms with E-state index in [1.807, 2.05) is 30.3 Å². The van der Waals surface area contributed by atoms with Crippen molar-refractivity contribution in [2.45, 2.75) is 25.7 Å². The van der Waals surface area contributed by atoms with Gasteiger partial charge in [0.25, 0.3) is 0 Å². The Morgan fingerprint density at radius 1 is 1.11 bits per heavy atom. The zero-order valence-corrected chi connectivity index (χ0v) is 11.9. The predicted molar refractivity (Wildman–Crippen MR) is 81.6 cm³/mol. The summed E-state index contributed by atoms with van der Waals surface area (Å²) >= 11 is 6.24. The summed E-state index contributed by atoms with van der Waals surface area (Å²) in [5.74, 6) is 0.215. The lowest BCUT2D eigenvalue weighted by atomic mass is 9.92. The van der Waals surface area contributed by atoms with Gasteiger partial charge in [-0.25, -0.2) is 0 Å². The van der Waals surface area contributed by atoms with Gasteiger partial charge in [0.1, 0.15) is 0 Å². The van der Waals surface area contributed by atoms with Crippen LogP contribution in [0.4, 0.5) is 0 Å². The minimum atomic E-state index is 0.194. The van der Waals surface area contributed by atoms with E-state index in [0.717, 1.165) is 29.0 Å². The lowest BCUT2D eigenvalue weighted by Crippen LogP contribution is -2.03. The number of benzene rings is 2. The minimum absolute atomic E-state index is 0.194. The topological polar surface area (TPSA) is 20.2 Å². The first-order valence-corrected chi connectivity index (χ1v) is 7.09. The zero-order valence-electron chi connectivity index (χ0n) is 11.1. The maximum atomic E-state index is 9.50. The second kappa shape index (κ2) is 6.74. The Labute approximate surface area is 119 Å². The second-order valence-electron chi connectivity index (χ2n) is 4.77. The van der Waals surface area contributed by atoms with Gasteiger partial charge in [-0.3, -0.25) is 0 Å². The highest BCUT2D eigenvalue weighted by atomic mass is 35.5. The molecule has 100 valence electrons. The molecule has 2 rings (SSSR count). The standard InChI is InChI=1S/C17H19ClO/c1-2-6-15(12-19)13-7-5-8-14(11-13)16-9-3-4-10-17(16)18/h3-5,7-11,15,19H,2,6,12H2,1H3/t15-/m1/s1. The molecule has 0 radical (unpaired) electrons. The monoisotopic (exact) mass is 274 g/mol. The zero-order chi connectivity index (χ0) is 13.7. The molecule has 0 bridgehead atoms. The molecule has 1 nitrogen and oxygen atoms in total. The van der Waals surface area contributed by atoms with Gasteiger partial charge in [-0.15, -0.1) is 0 Å². The average Bonchev–Trinajstić information content (AvgIpc) is 2.45. The van der Waals surface area contributed by atoms with Crippen molar-refractivity contribution >= 4 is 11.6 Å². The molecule has 0 amide bonds. The molecule has 0 aliphatic carbocycles. The molecule has 0 aliphatic rings. The molecular weight excluding hydrogens is 256 g/mol. The van der Waals surface area contributed by atoms with Crippen molar-refractivity contribution in [1.82, 2.24) is 0 Å². The van der Waals surface area contributed by atoms with Gasteiger partial charge in [-0.1, -0.05) is 67.4 Å². The number of hydrogen-bond donors (Lipinski definition) is 1. The molecule has 2 heteroatoms. The summed E-state index contributed by atoms with van der Waals surface area (Å²) in [6.07, 6.45) is 2.07. The Morgan fingerprint density at radius 3 is 2.58 bits per heavy atom. The Balaban J connectivity index is 2.36. The van der Waals surface area contributed by atoms with Gasteiger partial charge >= 0.3 is 0 Å². The fourth-order valence-corrected chi connectivity index (χ4v) is 2.61. The maximum absolute atomic E-state index is 9.50. The van der Waals surface area contributed by atoms with Crippen LogP contribution in [0.5, 0.6) is 0 Å². The highest BCUT2D eigenvalue weighted by Crippen LogP contribution is 2.30. The molecule has 0 heterocycles. The third kappa shape index (κ3) is 3.37. The summed E-state index contributed by atoms with van der Waals surface area (Å²) in [5.41, 5.74) is 3.33. The van der Waals surface area contributed by atoms with E-state index >= 15 is 0 Å². The fraction of sp³-hybridized carbons (Fsp3) is 0.294. The van der Waals surface area contributed by atoms with Crippen LogP contribution in [0, 0.1) is 0 Å². The van der Waals surface area contributed by atoms with Crippen molar-refractivity contribution in [2.75, 3.05) is 6.61 Å². The van der Waals surface area contributed by atoms with Crippen molar-refractivity contribution in [3.05, 3.63) is 59.1 Å². The molecule has 19 heavy (non-hydrogen) atoms. The van der Waals surface area contributed by atoms with Gasteiger partial charge in [0.05, 0.1) is 0 Å². The molecule has 0 saturated heterocycles. The lowest BCUT2D eigenvalue weighted by Gasteiger charge is -2.15. The van der Waals surface area contributed by atoms with E-state index in [2.05, 4.69) is 25.1 Å². The predicted octanol–water partition coefficient (Wildman–Crippen LogP) is 4.88. The van der Waals surface area contributed by atoms with E-state index in [9.17, 15) is 5.11 Å². The van der Waals surface area contributed by atoms with Gasteiger partial charge in [0, 0.05) is 23.1 Å². The summed E-state index contributed by atoms with van der Waals surface area (Å²) in [6, 6.07) is 16.2. The van der Waals surface area contributed by atoms with Crippen molar-refractivity contribution in [2.24, 2.45) is 0 Å². The maximum Gasteiger partial charge on any atom is 0.0499 e. The van der Waals surface area contributed by atoms with E-state index in [4.69, 9.17) is 11.6 Å². The lowest BCUT2D eigenvalue weighted by molar-refractivity contribution is 0.258. The SMILES string of the molecule is CCC[C@H](CO)c1cccc(-c2ccccc2Cl)c1. The van der Waals surface area contributed by atoms with Crippen LogP contribution >= 0.6 is 11.6 Å². The van der Waals surface area contributed by atoms with Gasteiger partial charge in [0.15, 0.2) is 0 Å². The summed E-state index contributed by atoms with van der Waals surface area (Å²) in [6.45, 7) is 2.33. The van der Waals surface area contributed by atoms with Crippen LogP contribution in [0.2, 0.25) is 5.02 Å². The van der Waals surface area contributed by atoms with Gasteiger partial charge < -0.3 is 5.11 Å². The Hall–Kier alpha value is -1.31. The first-order valence-electron chi connectivity index (χ1n) is 6.72. The number of aliphatic hydroxyl groups is 1. The number of aliphatic hydroxyl groups excluding tert-OH is 1. The average molecular weight is 275 g/mol. The third-order valence-electron chi connectivity index (χ3n) is 3.40. The van der Waals surface area contributed by atoms with Crippen LogP contribution in [-0.2, 0) is 0 Å². The second-order valence-corrected chi connectivity index (χ2v) is 5.18. The molecule has 0 aromatic heterocycles. The highest BCUT2D eigenvalue weighted by molar-refractivity contribution is 6.33. The van der Waals surface area contributed by atoms with Crippen molar-refractivity contribution < 1.29 is 5.11 Å². The van der Waals surface area contributed by atoms with Crippen LogP contribution in [0.1, 0.15) is 31.2 Å². The number of rotatable bonds is 5. The first kappa shape index (κ1) is 14.1. The Morgan fingerprint density at radius 2 is 1.89 bits per heavy atom. The van der Waals surface area contributed by atoms with E-state index in [1.54, 1.807) is 0 Å². The van der Waals surface area contributed by atoms with Gasteiger partial charge in [-0.05, 0) is 23.6 Å². The molecule has 1 atom stereocenters. The molecule has 2 aromatic rings. The van der Waals surface area contributed by atoms with Gasteiger partial charge in [0.2, 0.25) is 0 Å². The fourth-order valence-electron chi connectivity index (χ4n) is 2.37. The first-order chi connectivity index (χ1) is 9.26. The quantitative estimate of drug-likeness (QED) is 0.824. The Bertz CT molecular complexity index is 536. The van der Waals surface area contributed by atoms with Crippen LogP contribution in [0.3, 0.4) is 0 Å². The van der Waals surface area contributed by atoms with E-state index < -0.39 is 0 Å². The summed E-state index contributed by atoms with van der Waals surface area (Å²) in [7, 11) is 0. The molecule has 0 aliphatic heterocycles. The summed E-state index contributed by atoms with van der Waals surface area (Å²) in [5, 5.41) is 10.3. The molecule has 2 aromatic carbocycles.